The van der Waals surface area contributed by atoms with E-state index in [1.807, 2.05) is 30.3 Å². The van der Waals surface area contributed by atoms with Crippen molar-refractivity contribution in [3.8, 4) is 44.5 Å². The average Bonchev–Trinajstić information content (AvgIpc) is 3.66. The lowest BCUT2D eigenvalue weighted by Gasteiger charge is -2.32. The molecule has 0 bridgehead atoms. The van der Waals surface area contributed by atoms with E-state index in [-0.39, 0.29) is 11.6 Å². The summed E-state index contributed by atoms with van der Waals surface area (Å²) < 4.78 is 30.7. The minimum atomic E-state index is -0.892. The van der Waals surface area contributed by atoms with Gasteiger partial charge < -0.3 is 4.90 Å². The molecule has 1 spiro atoms. The SMILES string of the molecule is Fc1ccc2c(c1)C1(c3cc(F)ccc3-2)c2ccccc2-c2c(N(c3ccc(-c4ccccc4)cc3)c3ccc(-c4ccccc4)cc3)cccc21. The Morgan fingerprint density at radius 2 is 0.808 bits per heavy atom. The first-order valence-corrected chi connectivity index (χ1v) is 17.6. The van der Waals surface area contributed by atoms with Gasteiger partial charge in [-0.2, -0.15) is 0 Å². The van der Waals surface area contributed by atoms with E-state index in [0.717, 1.165) is 83.8 Å². The van der Waals surface area contributed by atoms with Gasteiger partial charge in [0.2, 0.25) is 0 Å². The fourth-order valence-corrected chi connectivity index (χ4v) is 8.64. The first-order valence-electron chi connectivity index (χ1n) is 17.6. The Morgan fingerprint density at radius 1 is 0.346 bits per heavy atom. The number of hydrogen-bond donors (Lipinski definition) is 0. The molecule has 2 aliphatic rings. The molecule has 246 valence electrons. The van der Waals surface area contributed by atoms with E-state index in [4.69, 9.17) is 0 Å². The van der Waals surface area contributed by atoms with Crippen LogP contribution in [0.25, 0.3) is 44.5 Å². The molecule has 0 unspecified atom stereocenters. The van der Waals surface area contributed by atoms with Crippen LogP contribution in [0.3, 0.4) is 0 Å². The Bertz CT molecular complexity index is 2490. The first kappa shape index (κ1) is 30.3. The van der Waals surface area contributed by atoms with Gasteiger partial charge in [-0.05, 0) is 116 Å². The summed E-state index contributed by atoms with van der Waals surface area (Å²) in [6, 6.07) is 62.9. The van der Waals surface area contributed by atoms with E-state index in [1.165, 1.54) is 12.1 Å². The van der Waals surface area contributed by atoms with Crippen molar-refractivity contribution >= 4 is 17.1 Å². The van der Waals surface area contributed by atoms with Crippen molar-refractivity contribution < 1.29 is 8.78 Å². The summed E-state index contributed by atoms with van der Waals surface area (Å²) in [4.78, 5) is 2.31. The summed E-state index contributed by atoms with van der Waals surface area (Å²) in [5.41, 5.74) is 14.3. The Labute approximate surface area is 301 Å². The van der Waals surface area contributed by atoms with Crippen LogP contribution in [0, 0.1) is 11.6 Å². The van der Waals surface area contributed by atoms with Gasteiger partial charge in [-0.25, -0.2) is 8.78 Å². The Morgan fingerprint density at radius 3 is 1.35 bits per heavy atom. The molecule has 0 radical (unpaired) electrons. The van der Waals surface area contributed by atoms with Gasteiger partial charge in [-0.3, -0.25) is 0 Å². The molecule has 0 saturated carbocycles. The van der Waals surface area contributed by atoms with Crippen LogP contribution in [0.2, 0.25) is 0 Å². The Balaban J connectivity index is 1.23. The zero-order valence-corrected chi connectivity index (χ0v) is 28.1. The standard InChI is InChI=1S/C49H31F2N/c50-36-22-28-40-41-29-23-37(51)31-46(41)49(45(40)30-36)43-15-8-7-14-42(43)48-44(49)16-9-17-47(48)52(38-24-18-34(19-25-38)32-10-3-1-4-11-32)39-26-20-35(21-27-39)33-12-5-2-6-13-33/h1-31H. The van der Waals surface area contributed by atoms with Gasteiger partial charge in [0.1, 0.15) is 11.6 Å². The minimum Gasteiger partial charge on any atom is -0.310 e. The van der Waals surface area contributed by atoms with E-state index in [1.54, 1.807) is 12.1 Å². The summed E-state index contributed by atoms with van der Waals surface area (Å²) in [6.07, 6.45) is 0. The number of rotatable bonds is 5. The van der Waals surface area contributed by atoms with Gasteiger partial charge in [-0.15, -0.1) is 0 Å². The predicted molar refractivity (Wildman–Crippen MR) is 208 cm³/mol. The highest BCUT2D eigenvalue weighted by Crippen LogP contribution is 2.64. The highest BCUT2D eigenvalue weighted by molar-refractivity contribution is 6.01. The Hall–Kier alpha value is -6.58. The third-order valence-corrected chi connectivity index (χ3v) is 10.8. The van der Waals surface area contributed by atoms with Crippen LogP contribution in [-0.2, 0) is 5.41 Å². The molecule has 0 atom stereocenters. The second kappa shape index (κ2) is 11.8. The molecular formula is C49H31F2N. The van der Waals surface area contributed by atoms with Crippen molar-refractivity contribution in [3.63, 3.8) is 0 Å². The van der Waals surface area contributed by atoms with Crippen LogP contribution in [0.5, 0.6) is 0 Å². The first-order chi connectivity index (χ1) is 25.6. The fourth-order valence-electron chi connectivity index (χ4n) is 8.64. The fraction of sp³-hybridized carbons (Fsp3) is 0.0204. The quantitative estimate of drug-likeness (QED) is 0.176. The molecule has 1 nitrogen and oxygen atoms in total. The number of halogens is 2. The maximum absolute atomic E-state index is 15.3. The van der Waals surface area contributed by atoms with Crippen LogP contribution in [0.1, 0.15) is 22.3 Å². The van der Waals surface area contributed by atoms with Crippen molar-refractivity contribution in [2.75, 3.05) is 4.90 Å². The van der Waals surface area contributed by atoms with Crippen molar-refractivity contribution in [1.82, 2.24) is 0 Å². The summed E-state index contributed by atoms with van der Waals surface area (Å²) in [5, 5.41) is 0. The van der Waals surface area contributed by atoms with Crippen molar-refractivity contribution in [3.05, 3.63) is 222 Å². The number of anilines is 3. The molecular weight excluding hydrogens is 641 g/mol. The third-order valence-electron chi connectivity index (χ3n) is 10.8. The summed E-state index contributed by atoms with van der Waals surface area (Å²) in [5.74, 6) is -0.626. The molecule has 0 heterocycles. The minimum absolute atomic E-state index is 0.313. The van der Waals surface area contributed by atoms with E-state index in [0.29, 0.717) is 0 Å². The maximum Gasteiger partial charge on any atom is 0.123 e. The summed E-state index contributed by atoms with van der Waals surface area (Å²) in [7, 11) is 0. The maximum atomic E-state index is 15.3. The second-order valence-electron chi connectivity index (χ2n) is 13.5. The van der Waals surface area contributed by atoms with Gasteiger partial charge in [0.05, 0.1) is 11.1 Å². The smallest absolute Gasteiger partial charge is 0.123 e. The second-order valence-corrected chi connectivity index (χ2v) is 13.5. The van der Waals surface area contributed by atoms with E-state index >= 15 is 8.78 Å². The summed E-state index contributed by atoms with van der Waals surface area (Å²) >= 11 is 0. The molecule has 0 aromatic heterocycles. The molecule has 10 rings (SSSR count). The molecule has 0 fully saturated rings. The highest BCUT2D eigenvalue weighted by Gasteiger charge is 2.52. The van der Waals surface area contributed by atoms with Gasteiger partial charge in [0, 0.05) is 16.9 Å². The van der Waals surface area contributed by atoms with Gasteiger partial charge in [0.15, 0.2) is 0 Å². The van der Waals surface area contributed by atoms with Crippen LogP contribution in [-0.4, -0.2) is 0 Å². The van der Waals surface area contributed by atoms with Crippen LogP contribution in [0.15, 0.2) is 188 Å². The number of nitrogens with zero attached hydrogens (tertiary/aromatic N) is 1. The molecule has 3 heteroatoms. The zero-order valence-electron chi connectivity index (χ0n) is 28.1. The van der Waals surface area contributed by atoms with Gasteiger partial charge in [-0.1, -0.05) is 133 Å². The molecule has 2 aliphatic carbocycles. The lowest BCUT2D eigenvalue weighted by atomic mass is 9.70. The van der Waals surface area contributed by atoms with Crippen LogP contribution >= 0.6 is 0 Å². The molecule has 8 aromatic rings. The van der Waals surface area contributed by atoms with Crippen LogP contribution in [0.4, 0.5) is 25.8 Å². The average molecular weight is 672 g/mol. The normalized spacial score (nSPS) is 13.0. The molecule has 0 aliphatic heterocycles. The Kier molecular flexibility index (Phi) is 6.84. The number of benzene rings is 8. The lowest BCUT2D eigenvalue weighted by Crippen LogP contribution is -2.26. The molecule has 52 heavy (non-hydrogen) atoms. The monoisotopic (exact) mass is 671 g/mol. The van der Waals surface area contributed by atoms with E-state index in [2.05, 4.69) is 138 Å². The van der Waals surface area contributed by atoms with E-state index < -0.39 is 5.41 Å². The summed E-state index contributed by atoms with van der Waals surface area (Å²) in [6.45, 7) is 0. The number of fused-ring (bicyclic) bond motifs is 10. The third kappa shape index (κ3) is 4.46. The van der Waals surface area contributed by atoms with E-state index in [9.17, 15) is 0 Å². The van der Waals surface area contributed by atoms with Gasteiger partial charge >= 0.3 is 0 Å². The van der Waals surface area contributed by atoms with Gasteiger partial charge in [0.25, 0.3) is 0 Å². The molecule has 0 saturated heterocycles. The molecule has 8 aromatic carbocycles. The molecule has 0 amide bonds. The largest absolute Gasteiger partial charge is 0.310 e. The van der Waals surface area contributed by atoms with Crippen molar-refractivity contribution in [2.45, 2.75) is 5.41 Å². The molecule has 0 N–H and O–H groups in total. The van der Waals surface area contributed by atoms with Crippen molar-refractivity contribution in [1.29, 1.82) is 0 Å². The topological polar surface area (TPSA) is 3.24 Å². The van der Waals surface area contributed by atoms with Crippen molar-refractivity contribution in [2.24, 2.45) is 0 Å². The highest BCUT2D eigenvalue weighted by atomic mass is 19.1. The zero-order chi connectivity index (χ0) is 34.8. The lowest BCUT2D eigenvalue weighted by molar-refractivity contribution is 0.618. The predicted octanol–water partition coefficient (Wildman–Crippen LogP) is 13.1. The number of hydrogen-bond acceptors (Lipinski definition) is 1. The van der Waals surface area contributed by atoms with Crippen LogP contribution < -0.4 is 4.90 Å².